The summed E-state index contributed by atoms with van der Waals surface area (Å²) in [6.45, 7) is 0. The maximum absolute atomic E-state index is 9.64. The lowest BCUT2D eigenvalue weighted by Gasteiger charge is -1.90. The van der Waals surface area contributed by atoms with Crippen molar-refractivity contribution in [2.45, 2.75) is 0 Å². The zero-order valence-corrected chi connectivity index (χ0v) is 3.70. The molecule has 0 aromatic carbocycles. The molecule has 0 aromatic heterocycles. The summed E-state index contributed by atoms with van der Waals surface area (Å²) in [6.07, 6.45) is 0.688. The van der Waals surface area contributed by atoms with E-state index in [9.17, 15) is 4.79 Å². The smallest absolute Gasteiger partial charge is 0.434 e. The predicted octanol–water partition coefficient (Wildman–Crippen LogP) is -0.0714. The normalized spacial score (nSPS) is 6.25. The molecule has 0 radical (unpaired) electrons. The molecule has 0 bridgehead atoms. The van der Waals surface area contributed by atoms with Crippen LogP contribution in [0.4, 0.5) is 4.79 Å². The van der Waals surface area contributed by atoms with Crippen LogP contribution in [0, 0.1) is 22.9 Å². The Bertz CT molecular complexity index is 160. The first-order valence-corrected chi connectivity index (χ1v) is 1.55. The number of hydrogen-bond donors (Lipinski definition) is 1. The van der Waals surface area contributed by atoms with Crippen LogP contribution in [0.1, 0.15) is 0 Å². The SMILES string of the molecule is N#CN(C#N)C(=O)O. The van der Waals surface area contributed by atoms with Crippen molar-refractivity contribution < 1.29 is 9.90 Å². The van der Waals surface area contributed by atoms with E-state index < -0.39 is 6.09 Å². The molecular formula is C3HN3O2. The lowest BCUT2D eigenvalue weighted by atomic mass is 10.9. The van der Waals surface area contributed by atoms with Crippen molar-refractivity contribution in [1.29, 1.82) is 10.5 Å². The molecule has 0 heterocycles. The molecule has 8 heavy (non-hydrogen) atoms. The molecule has 0 saturated carbocycles. The highest BCUT2D eigenvalue weighted by molar-refractivity contribution is 5.68. The van der Waals surface area contributed by atoms with E-state index >= 15 is 0 Å². The van der Waals surface area contributed by atoms with Crippen molar-refractivity contribution in [2.75, 3.05) is 0 Å². The van der Waals surface area contributed by atoms with Gasteiger partial charge in [-0.3, -0.25) is 0 Å². The molecule has 40 valence electrons. The maximum Gasteiger partial charge on any atom is 0.434 e. The van der Waals surface area contributed by atoms with Gasteiger partial charge in [0.1, 0.15) is 0 Å². The van der Waals surface area contributed by atoms with Gasteiger partial charge in [0.25, 0.3) is 0 Å². The second kappa shape index (κ2) is 2.43. The number of rotatable bonds is 0. The van der Waals surface area contributed by atoms with Crippen LogP contribution in [0.2, 0.25) is 0 Å². The summed E-state index contributed by atoms with van der Waals surface area (Å²) in [5.74, 6) is 0. The topological polar surface area (TPSA) is 88.1 Å². The van der Waals surface area contributed by atoms with Crippen LogP contribution in [-0.2, 0) is 0 Å². The molecule has 1 N–H and O–H groups in total. The molecule has 0 aromatic rings. The Labute approximate surface area is 45.0 Å². The molecule has 0 aliphatic rings. The van der Waals surface area contributed by atoms with Crippen molar-refractivity contribution >= 4 is 6.09 Å². The third kappa shape index (κ3) is 1.15. The minimum absolute atomic E-state index is 0.0556. The van der Waals surface area contributed by atoms with E-state index in [4.69, 9.17) is 15.6 Å². The first kappa shape index (κ1) is 6.25. The molecule has 0 unspecified atom stereocenters. The lowest BCUT2D eigenvalue weighted by Crippen LogP contribution is -2.17. The third-order valence-corrected chi connectivity index (χ3v) is 0.391. The van der Waals surface area contributed by atoms with E-state index in [-0.39, 0.29) is 4.90 Å². The van der Waals surface area contributed by atoms with Gasteiger partial charge in [0.05, 0.1) is 0 Å². The number of carbonyl (C=O) groups is 1. The van der Waals surface area contributed by atoms with Crippen LogP contribution in [-0.4, -0.2) is 16.1 Å². The standard InChI is InChI=1S/C3HN3O2/c4-1-6(2-5)3(7)8/h(H,7,8). The molecule has 5 nitrogen and oxygen atoms in total. The van der Waals surface area contributed by atoms with Crippen molar-refractivity contribution in [2.24, 2.45) is 0 Å². The molecule has 1 amide bonds. The van der Waals surface area contributed by atoms with E-state index in [0.717, 1.165) is 12.4 Å². The summed E-state index contributed by atoms with van der Waals surface area (Å²) in [7, 11) is 0. The highest BCUT2D eigenvalue weighted by Gasteiger charge is 2.06. The molecule has 0 spiro atoms. The van der Waals surface area contributed by atoms with Gasteiger partial charge >= 0.3 is 6.09 Å². The monoisotopic (exact) mass is 111 g/mol. The van der Waals surface area contributed by atoms with Gasteiger partial charge in [-0.2, -0.15) is 10.5 Å². The van der Waals surface area contributed by atoms with Gasteiger partial charge in [-0.15, -0.1) is 4.90 Å². The van der Waals surface area contributed by atoms with Crippen LogP contribution in [0.3, 0.4) is 0 Å². The van der Waals surface area contributed by atoms with E-state index in [0.29, 0.717) is 0 Å². The van der Waals surface area contributed by atoms with Crippen molar-refractivity contribution in [1.82, 2.24) is 4.90 Å². The van der Waals surface area contributed by atoms with Gasteiger partial charge in [0.15, 0.2) is 0 Å². The molecule has 5 heteroatoms. The van der Waals surface area contributed by atoms with Gasteiger partial charge in [0.2, 0.25) is 12.4 Å². The fourth-order valence-electron chi connectivity index (χ4n) is 0.108. The Morgan fingerprint density at radius 3 is 1.88 bits per heavy atom. The molecule has 0 atom stereocenters. The van der Waals surface area contributed by atoms with Gasteiger partial charge in [-0.05, 0) is 0 Å². The average molecular weight is 111 g/mol. The molecule has 0 aliphatic heterocycles. The van der Waals surface area contributed by atoms with E-state index in [2.05, 4.69) is 0 Å². The zero-order valence-electron chi connectivity index (χ0n) is 3.70. The summed E-state index contributed by atoms with van der Waals surface area (Å²) in [5, 5.41) is 23.4. The lowest BCUT2D eigenvalue weighted by molar-refractivity contribution is 0.179. The number of nitriles is 2. The summed E-state index contributed by atoms with van der Waals surface area (Å²) < 4.78 is 0. The highest BCUT2D eigenvalue weighted by Crippen LogP contribution is 1.78. The zero-order chi connectivity index (χ0) is 6.57. The van der Waals surface area contributed by atoms with Gasteiger partial charge in [-0.25, -0.2) is 4.79 Å². The van der Waals surface area contributed by atoms with Gasteiger partial charge in [-0.1, -0.05) is 0 Å². The fourth-order valence-corrected chi connectivity index (χ4v) is 0.108. The minimum Gasteiger partial charge on any atom is -0.463 e. The van der Waals surface area contributed by atoms with Gasteiger partial charge < -0.3 is 5.11 Å². The largest absolute Gasteiger partial charge is 0.463 e. The van der Waals surface area contributed by atoms with Crippen molar-refractivity contribution in [3.05, 3.63) is 0 Å². The van der Waals surface area contributed by atoms with Gasteiger partial charge in [0, 0.05) is 0 Å². The second-order valence-electron chi connectivity index (χ2n) is 0.818. The molecule has 0 fully saturated rings. The Morgan fingerprint density at radius 2 is 1.88 bits per heavy atom. The number of nitrogens with zero attached hydrogens (tertiary/aromatic N) is 3. The number of hydrogen-bond acceptors (Lipinski definition) is 3. The predicted molar refractivity (Wildman–Crippen MR) is 21.1 cm³/mol. The number of amides is 1. The Balaban J connectivity index is 4.02. The van der Waals surface area contributed by atoms with E-state index in [1.54, 1.807) is 0 Å². The third-order valence-electron chi connectivity index (χ3n) is 0.391. The second-order valence-corrected chi connectivity index (χ2v) is 0.818. The van der Waals surface area contributed by atoms with Crippen molar-refractivity contribution in [3.8, 4) is 12.4 Å². The molecule has 0 saturated heterocycles. The Morgan fingerprint density at radius 1 is 1.50 bits per heavy atom. The summed E-state index contributed by atoms with van der Waals surface area (Å²) in [6, 6.07) is 0. The summed E-state index contributed by atoms with van der Waals surface area (Å²) in [4.78, 5) is 9.59. The van der Waals surface area contributed by atoms with Crippen LogP contribution < -0.4 is 0 Å². The molecular weight excluding hydrogens is 110 g/mol. The highest BCUT2D eigenvalue weighted by atomic mass is 16.4. The van der Waals surface area contributed by atoms with Crippen LogP contribution in [0.25, 0.3) is 0 Å². The Kier molecular flexibility index (Phi) is 1.90. The van der Waals surface area contributed by atoms with E-state index in [1.165, 1.54) is 0 Å². The maximum atomic E-state index is 9.64. The Hall–Kier alpha value is -1.75. The average Bonchev–Trinajstić information content (AvgIpc) is 1.69. The fraction of sp³-hybridized carbons (Fsp3) is 0. The first-order chi connectivity index (χ1) is 3.72. The quantitative estimate of drug-likeness (QED) is 0.350. The number of carboxylic acid groups (broad SMARTS) is 1. The summed E-state index contributed by atoms with van der Waals surface area (Å²) >= 11 is 0. The molecule has 0 aliphatic carbocycles. The van der Waals surface area contributed by atoms with Crippen molar-refractivity contribution in [3.63, 3.8) is 0 Å². The molecule has 0 rings (SSSR count). The van der Waals surface area contributed by atoms with Crippen LogP contribution in [0.15, 0.2) is 0 Å². The minimum atomic E-state index is -1.56. The first-order valence-electron chi connectivity index (χ1n) is 1.55. The summed E-state index contributed by atoms with van der Waals surface area (Å²) in [5.41, 5.74) is 0. The van der Waals surface area contributed by atoms with Crippen LogP contribution in [0.5, 0.6) is 0 Å². The van der Waals surface area contributed by atoms with E-state index in [1.807, 2.05) is 0 Å². The van der Waals surface area contributed by atoms with Crippen LogP contribution >= 0.6 is 0 Å².